The van der Waals surface area contributed by atoms with Gasteiger partial charge in [-0.3, -0.25) is 0 Å². The first-order valence-electron chi connectivity index (χ1n) is 5.24. The first kappa shape index (κ1) is 12.2. The minimum atomic E-state index is 0.547. The number of nitrogens with zero attached hydrogens (tertiary/aromatic N) is 1. The number of thiazole rings is 1. The molecule has 1 heterocycles. The molecule has 0 amide bonds. The molecule has 0 saturated carbocycles. The molecule has 0 unspecified atom stereocenters. The predicted octanol–water partition coefficient (Wildman–Crippen LogP) is 3.31. The number of anilines is 1. The number of para-hydroxylation sites is 1. The molecule has 17 heavy (non-hydrogen) atoms. The number of benzene rings is 1. The van der Waals surface area contributed by atoms with Crippen LogP contribution in [0.2, 0.25) is 5.02 Å². The van der Waals surface area contributed by atoms with E-state index in [1.165, 1.54) is 4.88 Å². The second-order valence-corrected chi connectivity index (χ2v) is 4.96. The van der Waals surface area contributed by atoms with Crippen LogP contribution in [0.15, 0.2) is 23.7 Å². The maximum atomic E-state index is 6.01. The molecule has 0 aliphatic carbocycles. The van der Waals surface area contributed by atoms with Crippen molar-refractivity contribution in [2.24, 2.45) is 0 Å². The van der Waals surface area contributed by atoms with Gasteiger partial charge in [0.05, 0.1) is 28.5 Å². The average molecular weight is 269 g/mol. The Morgan fingerprint density at radius 3 is 2.94 bits per heavy atom. The molecule has 5 heteroatoms. The maximum Gasteiger partial charge on any atom is 0.160 e. The molecular weight excluding hydrogens is 256 g/mol. The number of aryl methyl sites for hydroxylation is 1. The second kappa shape index (κ2) is 5.38. The Hall–Kier alpha value is -1.26. The Labute approximate surface area is 109 Å². The lowest BCUT2D eigenvalue weighted by molar-refractivity contribution is 0.324. The molecule has 0 bridgehead atoms. The Bertz CT molecular complexity index is 493. The minimum absolute atomic E-state index is 0.547. The fourth-order valence-corrected chi connectivity index (χ4v) is 2.49. The van der Waals surface area contributed by atoms with Crippen molar-refractivity contribution in [2.45, 2.75) is 13.3 Å². The molecule has 2 rings (SSSR count). The van der Waals surface area contributed by atoms with Gasteiger partial charge in [0.1, 0.15) is 0 Å². The third-order valence-electron chi connectivity index (χ3n) is 2.42. The number of nitrogens with two attached hydrogens (primary N) is 1. The summed E-state index contributed by atoms with van der Waals surface area (Å²) in [6, 6.07) is 5.35. The van der Waals surface area contributed by atoms with Gasteiger partial charge in [-0.15, -0.1) is 11.3 Å². The topological polar surface area (TPSA) is 48.1 Å². The van der Waals surface area contributed by atoms with E-state index >= 15 is 0 Å². The fourth-order valence-electron chi connectivity index (χ4n) is 1.49. The van der Waals surface area contributed by atoms with Crippen LogP contribution in [-0.2, 0) is 6.42 Å². The number of hydrogen-bond acceptors (Lipinski definition) is 4. The van der Waals surface area contributed by atoms with Crippen LogP contribution in [0.5, 0.6) is 5.75 Å². The summed E-state index contributed by atoms with van der Waals surface area (Å²) in [5.74, 6) is 0.566. The highest BCUT2D eigenvalue weighted by molar-refractivity contribution is 7.09. The first-order valence-corrected chi connectivity index (χ1v) is 6.50. The van der Waals surface area contributed by atoms with Crippen LogP contribution in [0.3, 0.4) is 0 Å². The summed E-state index contributed by atoms with van der Waals surface area (Å²) in [4.78, 5) is 5.42. The molecule has 2 N–H and O–H groups in total. The van der Waals surface area contributed by atoms with E-state index in [1.54, 1.807) is 29.5 Å². The first-order chi connectivity index (χ1) is 8.18. The monoisotopic (exact) mass is 268 g/mol. The Morgan fingerprint density at radius 2 is 2.29 bits per heavy atom. The smallest absolute Gasteiger partial charge is 0.160 e. The Kier molecular flexibility index (Phi) is 3.86. The van der Waals surface area contributed by atoms with Crippen LogP contribution in [-0.4, -0.2) is 11.6 Å². The summed E-state index contributed by atoms with van der Waals surface area (Å²) in [6.07, 6.45) is 0.821. The normalized spacial score (nSPS) is 10.5. The van der Waals surface area contributed by atoms with Crippen LogP contribution in [0.25, 0.3) is 0 Å². The third-order valence-corrected chi connectivity index (χ3v) is 3.71. The van der Waals surface area contributed by atoms with E-state index in [2.05, 4.69) is 4.98 Å². The molecule has 90 valence electrons. The molecule has 1 aromatic heterocycles. The highest BCUT2D eigenvalue weighted by atomic mass is 35.5. The number of ether oxygens (including phenoxy) is 1. The number of rotatable bonds is 4. The van der Waals surface area contributed by atoms with Crippen LogP contribution < -0.4 is 10.5 Å². The van der Waals surface area contributed by atoms with Crippen molar-refractivity contribution in [3.05, 3.63) is 39.3 Å². The number of halogens is 1. The second-order valence-electron chi connectivity index (χ2n) is 3.62. The van der Waals surface area contributed by atoms with E-state index in [0.29, 0.717) is 23.1 Å². The number of nitrogen functional groups attached to an aromatic ring is 1. The van der Waals surface area contributed by atoms with Gasteiger partial charge in [-0.1, -0.05) is 17.7 Å². The quantitative estimate of drug-likeness (QED) is 0.866. The van der Waals surface area contributed by atoms with Gasteiger partial charge in [0.2, 0.25) is 0 Å². The largest absolute Gasteiger partial charge is 0.489 e. The highest BCUT2D eigenvalue weighted by Crippen LogP contribution is 2.30. The number of aromatic nitrogens is 1. The SMILES string of the molecule is Cc1ncsc1CCOc1c(N)cccc1Cl. The fraction of sp³-hybridized carbons (Fsp3) is 0.250. The molecule has 0 spiro atoms. The molecule has 0 fully saturated rings. The van der Waals surface area contributed by atoms with Crippen molar-refractivity contribution >= 4 is 28.6 Å². The van der Waals surface area contributed by atoms with Gasteiger partial charge in [0, 0.05) is 11.3 Å². The van der Waals surface area contributed by atoms with Crippen LogP contribution in [0.4, 0.5) is 5.69 Å². The zero-order valence-electron chi connectivity index (χ0n) is 9.44. The summed E-state index contributed by atoms with van der Waals surface area (Å²) in [5.41, 5.74) is 9.26. The predicted molar refractivity (Wildman–Crippen MR) is 71.9 cm³/mol. The lowest BCUT2D eigenvalue weighted by Crippen LogP contribution is -2.03. The van der Waals surface area contributed by atoms with Crippen molar-refractivity contribution in [3.63, 3.8) is 0 Å². The minimum Gasteiger partial charge on any atom is -0.489 e. The summed E-state index contributed by atoms with van der Waals surface area (Å²) in [7, 11) is 0. The van der Waals surface area contributed by atoms with Gasteiger partial charge < -0.3 is 10.5 Å². The Balaban J connectivity index is 1.97. The van der Waals surface area contributed by atoms with E-state index in [1.807, 2.05) is 12.4 Å². The van der Waals surface area contributed by atoms with E-state index in [0.717, 1.165) is 12.1 Å². The van der Waals surface area contributed by atoms with E-state index in [4.69, 9.17) is 22.1 Å². The van der Waals surface area contributed by atoms with Gasteiger partial charge in [0.15, 0.2) is 5.75 Å². The molecule has 0 radical (unpaired) electrons. The lowest BCUT2D eigenvalue weighted by Gasteiger charge is -2.09. The van der Waals surface area contributed by atoms with Gasteiger partial charge in [-0.05, 0) is 19.1 Å². The van der Waals surface area contributed by atoms with Gasteiger partial charge in [0.25, 0.3) is 0 Å². The zero-order valence-corrected chi connectivity index (χ0v) is 11.0. The molecule has 0 atom stereocenters. The van der Waals surface area contributed by atoms with Crippen LogP contribution >= 0.6 is 22.9 Å². The van der Waals surface area contributed by atoms with Crippen molar-refractivity contribution in [1.29, 1.82) is 0 Å². The van der Waals surface area contributed by atoms with E-state index in [9.17, 15) is 0 Å². The lowest BCUT2D eigenvalue weighted by atomic mass is 10.3. The van der Waals surface area contributed by atoms with Crippen molar-refractivity contribution in [1.82, 2.24) is 4.98 Å². The van der Waals surface area contributed by atoms with Crippen LogP contribution in [0, 0.1) is 6.92 Å². The van der Waals surface area contributed by atoms with Gasteiger partial charge in [-0.25, -0.2) is 4.98 Å². The molecule has 0 aliphatic rings. The summed E-state index contributed by atoms with van der Waals surface area (Å²) in [6.45, 7) is 2.55. The van der Waals surface area contributed by atoms with E-state index < -0.39 is 0 Å². The van der Waals surface area contributed by atoms with Gasteiger partial charge >= 0.3 is 0 Å². The van der Waals surface area contributed by atoms with Crippen LogP contribution in [0.1, 0.15) is 10.6 Å². The molecule has 2 aromatic rings. The highest BCUT2D eigenvalue weighted by Gasteiger charge is 2.06. The zero-order chi connectivity index (χ0) is 12.3. The third kappa shape index (κ3) is 2.90. The van der Waals surface area contributed by atoms with Crippen molar-refractivity contribution in [3.8, 4) is 5.75 Å². The van der Waals surface area contributed by atoms with E-state index in [-0.39, 0.29) is 0 Å². The summed E-state index contributed by atoms with van der Waals surface area (Å²) >= 11 is 7.64. The Morgan fingerprint density at radius 1 is 1.47 bits per heavy atom. The maximum absolute atomic E-state index is 6.01. The molecule has 1 aromatic carbocycles. The molecular formula is C12H13ClN2OS. The molecule has 0 saturated heterocycles. The van der Waals surface area contributed by atoms with Crippen molar-refractivity contribution in [2.75, 3.05) is 12.3 Å². The van der Waals surface area contributed by atoms with Gasteiger partial charge in [-0.2, -0.15) is 0 Å². The summed E-state index contributed by atoms with van der Waals surface area (Å²) < 4.78 is 5.62. The standard InChI is InChI=1S/C12H13ClN2OS/c1-8-11(17-7-15-8)5-6-16-12-9(13)3-2-4-10(12)14/h2-4,7H,5-6,14H2,1H3. The average Bonchev–Trinajstić information content (AvgIpc) is 2.69. The molecule has 3 nitrogen and oxygen atoms in total. The van der Waals surface area contributed by atoms with Crippen molar-refractivity contribution < 1.29 is 4.74 Å². The number of hydrogen-bond donors (Lipinski definition) is 1. The summed E-state index contributed by atoms with van der Waals surface area (Å²) in [5, 5.41) is 0.547. The molecule has 0 aliphatic heterocycles.